The smallest absolute Gasteiger partial charge is 0.410 e. The molecule has 1 aromatic rings. The van der Waals surface area contributed by atoms with Crippen molar-refractivity contribution in [2.45, 2.75) is 45.3 Å². The summed E-state index contributed by atoms with van der Waals surface area (Å²) in [6.45, 7) is 6.55. The quantitative estimate of drug-likeness (QED) is 0.608. The Morgan fingerprint density at radius 1 is 1.43 bits per heavy atom. The fourth-order valence-corrected chi connectivity index (χ4v) is 2.17. The number of piperidine rings is 1. The molecule has 0 aliphatic carbocycles. The summed E-state index contributed by atoms with van der Waals surface area (Å²) >= 11 is 0. The molecule has 0 aromatic carbocycles. The van der Waals surface area contributed by atoms with Gasteiger partial charge in [-0.3, -0.25) is 0 Å². The van der Waals surface area contributed by atoms with Gasteiger partial charge in [-0.1, -0.05) is 0 Å². The number of carbonyl (C=O) groups is 1. The minimum Gasteiger partial charge on any atom is -0.444 e. The van der Waals surface area contributed by atoms with Crippen LogP contribution < -0.4 is 0 Å². The molecule has 1 saturated heterocycles. The van der Waals surface area contributed by atoms with Gasteiger partial charge in [0, 0.05) is 13.1 Å². The molecule has 1 aromatic heterocycles. The van der Waals surface area contributed by atoms with E-state index in [2.05, 4.69) is 10.3 Å². The lowest BCUT2D eigenvalue weighted by Crippen LogP contribution is -2.42. The molecule has 1 fully saturated rings. The third-order valence-electron chi connectivity index (χ3n) is 3.18. The van der Waals surface area contributed by atoms with Crippen LogP contribution in [0.2, 0.25) is 0 Å². The Balaban J connectivity index is 1.90. The number of rotatable bonds is 2. The molecule has 1 amide bonds. The lowest BCUT2D eigenvalue weighted by atomic mass is 10.1. The zero-order chi connectivity index (χ0) is 15.6. The van der Waals surface area contributed by atoms with E-state index in [9.17, 15) is 14.9 Å². The van der Waals surface area contributed by atoms with E-state index in [0.29, 0.717) is 25.9 Å². The number of carbonyl (C=O) groups excluding carboxylic acids is 1. The first-order valence-electron chi connectivity index (χ1n) is 6.80. The number of amides is 1. The molecule has 0 atom stereocenters. The largest absolute Gasteiger partial charge is 0.444 e. The van der Waals surface area contributed by atoms with Gasteiger partial charge in [0.25, 0.3) is 0 Å². The topological polar surface area (TPSA) is 103 Å². The summed E-state index contributed by atoms with van der Waals surface area (Å²) in [5.41, 5.74) is -0.513. The second-order valence-corrected chi connectivity index (χ2v) is 6.01. The maximum atomic E-state index is 11.9. The van der Waals surface area contributed by atoms with Crippen LogP contribution in [0.3, 0.4) is 0 Å². The Morgan fingerprint density at radius 3 is 2.52 bits per heavy atom. The summed E-state index contributed by atoms with van der Waals surface area (Å²) in [5, 5.41) is 17.9. The predicted octanol–water partition coefficient (Wildman–Crippen LogP) is 1.76. The first-order chi connectivity index (χ1) is 9.76. The van der Waals surface area contributed by atoms with E-state index < -0.39 is 10.5 Å². The summed E-state index contributed by atoms with van der Waals surface area (Å²) in [6.07, 6.45) is 2.33. The van der Waals surface area contributed by atoms with Crippen LogP contribution in [-0.2, 0) is 4.74 Å². The molecule has 1 aliphatic rings. The summed E-state index contributed by atoms with van der Waals surface area (Å²) in [7, 11) is 0. The monoisotopic (exact) mass is 297 g/mol. The highest BCUT2D eigenvalue weighted by molar-refractivity contribution is 5.68. The van der Waals surface area contributed by atoms with Gasteiger partial charge < -0.3 is 19.8 Å². The zero-order valence-corrected chi connectivity index (χ0v) is 12.4. The number of hydrogen-bond acceptors (Lipinski definition) is 6. The summed E-state index contributed by atoms with van der Waals surface area (Å²) in [4.78, 5) is 23.6. The Bertz CT molecular complexity index is 528. The number of nitro groups is 1. The van der Waals surface area contributed by atoms with Crippen LogP contribution in [-0.4, -0.2) is 49.6 Å². The van der Waals surface area contributed by atoms with Crippen molar-refractivity contribution in [2.75, 3.05) is 13.1 Å². The summed E-state index contributed by atoms with van der Waals surface area (Å²) < 4.78 is 6.82. The van der Waals surface area contributed by atoms with E-state index in [0.717, 1.165) is 0 Å². The van der Waals surface area contributed by atoms with Crippen LogP contribution in [0.5, 0.6) is 0 Å². The SMILES string of the molecule is CC(C)(C)OC(=O)N1CCC(n2cc([N+](=O)[O-])nn2)CC1. The number of nitrogens with zero attached hydrogens (tertiary/aromatic N) is 5. The van der Waals surface area contributed by atoms with Crippen LogP contribution in [0.4, 0.5) is 10.6 Å². The van der Waals surface area contributed by atoms with Crippen molar-refractivity contribution < 1.29 is 14.5 Å². The standard InChI is InChI=1S/C12H19N5O4/c1-12(2,3)21-11(18)15-6-4-9(5-7-15)16-8-10(13-14-16)17(19)20/h8-9H,4-7H2,1-3H3. The van der Waals surface area contributed by atoms with Gasteiger partial charge in [-0.05, 0) is 38.5 Å². The minimum absolute atomic E-state index is 0.0184. The predicted molar refractivity (Wildman–Crippen MR) is 72.8 cm³/mol. The van der Waals surface area contributed by atoms with E-state index >= 15 is 0 Å². The molecule has 0 unspecified atom stereocenters. The van der Waals surface area contributed by atoms with Crippen molar-refractivity contribution in [1.29, 1.82) is 0 Å². The molecule has 0 radical (unpaired) electrons. The zero-order valence-electron chi connectivity index (χ0n) is 12.4. The van der Waals surface area contributed by atoms with Gasteiger partial charge in [-0.15, -0.1) is 0 Å². The van der Waals surface area contributed by atoms with Crippen molar-refractivity contribution in [3.63, 3.8) is 0 Å². The van der Waals surface area contributed by atoms with E-state index in [4.69, 9.17) is 4.74 Å². The molecule has 0 spiro atoms. The molecule has 1 aliphatic heterocycles. The van der Waals surface area contributed by atoms with Crippen LogP contribution in [0.25, 0.3) is 0 Å². The van der Waals surface area contributed by atoms with E-state index in [1.54, 1.807) is 4.90 Å². The Labute approximate surface area is 122 Å². The van der Waals surface area contributed by atoms with Crippen LogP contribution in [0.15, 0.2) is 6.20 Å². The molecule has 9 nitrogen and oxygen atoms in total. The first-order valence-corrected chi connectivity index (χ1v) is 6.80. The van der Waals surface area contributed by atoms with Gasteiger partial charge in [0.1, 0.15) is 16.9 Å². The highest BCUT2D eigenvalue weighted by Crippen LogP contribution is 2.24. The molecule has 116 valence electrons. The third-order valence-corrected chi connectivity index (χ3v) is 3.18. The van der Waals surface area contributed by atoms with Gasteiger partial charge in [0.2, 0.25) is 0 Å². The first kappa shape index (κ1) is 15.2. The van der Waals surface area contributed by atoms with E-state index in [-0.39, 0.29) is 18.0 Å². The maximum Gasteiger partial charge on any atom is 0.410 e. The molecule has 0 bridgehead atoms. The lowest BCUT2D eigenvalue weighted by molar-refractivity contribution is -0.389. The van der Waals surface area contributed by atoms with Gasteiger partial charge in [-0.25, -0.2) is 9.48 Å². The van der Waals surface area contributed by atoms with Crippen LogP contribution in [0.1, 0.15) is 39.7 Å². The molecular weight excluding hydrogens is 278 g/mol. The molecular formula is C12H19N5O4. The highest BCUT2D eigenvalue weighted by Gasteiger charge is 2.29. The van der Waals surface area contributed by atoms with Gasteiger partial charge in [0.05, 0.1) is 11.3 Å². The molecule has 2 rings (SSSR count). The summed E-state index contributed by atoms with van der Waals surface area (Å²) in [5.74, 6) is -0.260. The normalized spacial score (nSPS) is 16.8. The lowest BCUT2D eigenvalue weighted by Gasteiger charge is -2.32. The van der Waals surface area contributed by atoms with E-state index in [1.807, 2.05) is 20.8 Å². The fourth-order valence-electron chi connectivity index (χ4n) is 2.17. The van der Waals surface area contributed by atoms with Gasteiger partial charge >= 0.3 is 11.9 Å². The average molecular weight is 297 g/mol. The van der Waals surface area contributed by atoms with Crippen molar-refractivity contribution in [3.05, 3.63) is 16.3 Å². The maximum absolute atomic E-state index is 11.9. The second-order valence-electron chi connectivity index (χ2n) is 6.01. The number of likely N-dealkylation sites (tertiary alicyclic amines) is 1. The Kier molecular flexibility index (Phi) is 4.10. The number of hydrogen-bond donors (Lipinski definition) is 0. The number of ether oxygens (including phenoxy) is 1. The third kappa shape index (κ3) is 3.89. The fraction of sp³-hybridized carbons (Fsp3) is 0.750. The molecule has 0 N–H and O–H groups in total. The molecule has 9 heteroatoms. The Hall–Kier alpha value is -2.19. The van der Waals surface area contributed by atoms with Crippen molar-refractivity contribution in [2.24, 2.45) is 0 Å². The second kappa shape index (κ2) is 5.66. The van der Waals surface area contributed by atoms with Crippen molar-refractivity contribution >= 4 is 11.9 Å². The molecule has 0 saturated carbocycles. The average Bonchev–Trinajstić information content (AvgIpc) is 2.86. The van der Waals surface area contributed by atoms with Crippen LogP contribution >= 0.6 is 0 Å². The van der Waals surface area contributed by atoms with Crippen molar-refractivity contribution in [1.82, 2.24) is 19.9 Å². The minimum atomic E-state index is -0.570. The van der Waals surface area contributed by atoms with Gasteiger partial charge in [-0.2, -0.15) is 0 Å². The highest BCUT2D eigenvalue weighted by atomic mass is 16.6. The Morgan fingerprint density at radius 2 is 2.05 bits per heavy atom. The van der Waals surface area contributed by atoms with E-state index in [1.165, 1.54) is 10.9 Å². The van der Waals surface area contributed by atoms with Crippen molar-refractivity contribution in [3.8, 4) is 0 Å². The van der Waals surface area contributed by atoms with Crippen LogP contribution in [0, 0.1) is 10.1 Å². The number of aromatic nitrogens is 3. The molecule has 2 heterocycles. The van der Waals surface area contributed by atoms with Gasteiger partial charge in [0.15, 0.2) is 0 Å². The summed E-state index contributed by atoms with van der Waals surface area (Å²) in [6, 6.07) is 0.0184. The molecule has 21 heavy (non-hydrogen) atoms.